The molecule has 1 aromatic carbocycles. The number of Topliss-reactive ketones (excluding diaryl/α,β-unsaturated/α-hetero) is 2. The fourth-order valence-corrected chi connectivity index (χ4v) is 2.58. The third-order valence-electron chi connectivity index (χ3n) is 3.70. The Morgan fingerprint density at radius 3 is 2.22 bits per heavy atom. The van der Waals surface area contributed by atoms with Crippen LogP contribution in [0.5, 0.6) is 0 Å². The summed E-state index contributed by atoms with van der Waals surface area (Å²) in [5.41, 5.74) is 2.43. The first kappa shape index (κ1) is 16.7. The molecule has 0 fully saturated rings. The molecule has 5 heteroatoms. The van der Waals surface area contributed by atoms with Gasteiger partial charge < -0.3 is 9.72 Å². The molecule has 1 heterocycles. The van der Waals surface area contributed by atoms with E-state index in [1.54, 1.807) is 44.2 Å². The van der Waals surface area contributed by atoms with Crippen LogP contribution >= 0.6 is 0 Å². The molecule has 0 aliphatic rings. The van der Waals surface area contributed by atoms with E-state index in [0.717, 1.165) is 0 Å². The molecule has 23 heavy (non-hydrogen) atoms. The van der Waals surface area contributed by atoms with Crippen LogP contribution in [0.3, 0.4) is 0 Å². The van der Waals surface area contributed by atoms with E-state index in [2.05, 4.69) is 4.98 Å². The number of ether oxygens (including phenoxy) is 1. The molecule has 0 aliphatic heterocycles. The molecular formula is C18H19NO4. The molecule has 0 aliphatic carbocycles. The van der Waals surface area contributed by atoms with Crippen molar-refractivity contribution in [2.24, 2.45) is 0 Å². The summed E-state index contributed by atoms with van der Waals surface area (Å²) >= 11 is 0. The zero-order valence-electron chi connectivity index (χ0n) is 13.6. The molecule has 0 unspecified atom stereocenters. The zero-order valence-corrected chi connectivity index (χ0v) is 13.6. The van der Waals surface area contributed by atoms with Crippen molar-refractivity contribution in [1.82, 2.24) is 4.98 Å². The highest BCUT2D eigenvalue weighted by molar-refractivity contribution is 6.05. The van der Waals surface area contributed by atoms with Crippen molar-refractivity contribution in [1.29, 1.82) is 0 Å². The summed E-state index contributed by atoms with van der Waals surface area (Å²) in [6.45, 7) is 6.42. The number of nitrogens with one attached hydrogen (secondary N) is 1. The van der Waals surface area contributed by atoms with Gasteiger partial charge in [-0.25, -0.2) is 4.79 Å². The monoisotopic (exact) mass is 313 g/mol. The molecule has 0 bridgehead atoms. The van der Waals surface area contributed by atoms with E-state index in [4.69, 9.17) is 4.74 Å². The highest BCUT2D eigenvalue weighted by atomic mass is 16.5. The molecule has 1 aromatic heterocycles. The summed E-state index contributed by atoms with van der Waals surface area (Å²) < 4.78 is 5.22. The number of hydrogen-bond donors (Lipinski definition) is 1. The van der Waals surface area contributed by atoms with Gasteiger partial charge in [0, 0.05) is 11.3 Å². The molecule has 0 radical (unpaired) electrons. The fraction of sp³-hybridized carbons (Fsp3) is 0.278. The smallest absolute Gasteiger partial charge is 0.338 e. The number of aromatic amines is 1. The van der Waals surface area contributed by atoms with Crippen molar-refractivity contribution in [3.05, 3.63) is 58.4 Å². The number of ketones is 2. The minimum Gasteiger partial charge on any atom is -0.451 e. The van der Waals surface area contributed by atoms with Gasteiger partial charge >= 0.3 is 5.97 Å². The van der Waals surface area contributed by atoms with E-state index >= 15 is 0 Å². The average molecular weight is 313 g/mol. The summed E-state index contributed by atoms with van der Waals surface area (Å²) in [5, 5.41) is 0. The highest BCUT2D eigenvalue weighted by Crippen LogP contribution is 2.20. The second-order valence-electron chi connectivity index (χ2n) is 5.46. The Morgan fingerprint density at radius 1 is 1.09 bits per heavy atom. The maximum atomic E-state index is 12.5. The van der Waals surface area contributed by atoms with Crippen LogP contribution in [0.4, 0.5) is 0 Å². The quantitative estimate of drug-likeness (QED) is 0.679. The van der Waals surface area contributed by atoms with Crippen LogP contribution in [-0.2, 0) is 4.74 Å². The first-order chi connectivity index (χ1) is 10.8. The summed E-state index contributed by atoms with van der Waals surface area (Å²) in [4.78, 5) is 39.1. The Morgan fingerprint density at radius 2 is 1.70 bits per heavy atom. The number of rotatable bonds is 5. The van der Waals surface area contributed by atoms with Crippen LogP contribution in [0.1, 0.15) is 56.3 Å². The van der Waals surface area contributed by atoms with Gasteiger partial charge in [0.15, 0.2) is 11.9 Å². The number of hydrogen-bond acceptors (Lipinski definition) is 4. The molecule has 0 spiro atoms. The Labute approximate surface area is 134 Å². The van der Waals surface area contributed by atoms with Crippen molar-refractivity contribution < 1.29 is 19.1 Å². The summed E-state index contributed by atoms with van der Waals surface area (Å²) in [7, 11) is 0. The lowest BCUT2D eigenvalue weighted by atomic mass is 10.0. The van der Waals surface area contributed by atoms with Gasteiger partial charge in [0.05, 0.1) is 11.3 Å². The largest absolute Gasteiger partial charge is 0.451 e. The van der Waals surface area contributed by atoms with Crippen molar-refractivity contribution in [2.75, 3.05) is 0 Å². The first-order valence-corrected chi connectivity index (χ1v) is 7.33. The second-order valence-corrected chi connectivity index (χ2v) is 5.46. The maximum absolute atomic E-state index is 12.5. The molecule has 2 rings (SSSR count). The van der Waals surface area contributed by atoms with Gasteiger partial charge in [0.1, 0.15) is 0 Å². The Balaban J connectivity index is 2.19. The second kappa shape index (κ2) is 6.60. The van der Waals surface area contributed by atoms with Crippen LogP contribution in [0.2, 0.25) is 0 Å². The zero-order chi connectivity index (χ0) is 17.1. The van der Waals surface area contributed by atoms with Gasteiger partial charge in [-0.1, -0.05) is 18.2 Å². The predicted octanol–water partition coefficient (Wildman–Crippen LogP) is 3.26. The molecule has 0 saturated carbocycles. The molecule has 1 atom stereocenters. The predicted molar refractivity (Wildman–Crippen MR) is 85.9 cm³/mol. The number of esters is 1. The van der Waals surface area contributed by atoms with E-state index in [1.807, 2.05) is 0 Å². The third-order valence-corrected chi connectivity index (χ3v) is 3.70. The lowest BCUT2D eigenvalue weighted by molar-refractivity contribution is 0.0317. The van der Waals surface area contributed by atoms with Crippen molar-refractivity contribution in [2.45, 2.75) is 33.8 Å². The number of carbonyl (C=O) groups excluding carboxylic acids is 3. The number of H-pyrrole nitrogens is 1. The topological polar surface area (TPSA) is 76.2 Å². The van der Waals surface area contributed by atoms with Crippen molar-refractivity contribution in [3.8, 4) is 0 Å². The van der Waals surface area contributed by atoms with Gasteiger partial charge in [0.2, 0.25) is 5.78 Å². The number of carbonyl (C=O) groups is 3. The Hall–Kier alpha value is -2.69. The van der Waals surface area contributed by atoms with Crippen molar-refractivity contribution in [3.63, 3.8) is 0 Å². The van der Waals surface area contributed by atoms with Gasteiger partial charge in [-0.15, -0.1) is 0 Å². The highest BCUT2D eigenvalue weighted by Gasteiger charge is 2.26. The van der Waals surface area contributed by atoms with Gasteiger partial charge in [-0.3, -0.25) is 9.59 Å². The summed E-state index contributed by atoms with van der Waals surface area (Å²) in [6, 6.07) is 8.48. The molecule has 0 saturated heterocycles. The van der Waals surface area contributed by atoms with E-state index in [9.17, 15) is 14.4 Å². The maximum Gasteiger partial charge on any atom is 0.338 e. The van der Waals surface area contributed by atoms with E-state index in [0.29, 0.717) is 28.1 Å². The van der Waals surface area contributed by atoms with E-state index in [-0.39, 0.29) is 11.6 Å². The van der Waals surface area contributed by atoms with Gasteiger partial charge in [-0.2, -0.15) is 0 Å². The van der Waals surface area contributed by atoms with E-state index < -0.39 is 12.1 Å². The molecule has 0 amide bonds. The third kappa shape index (κ3) is 3.39. The summed E-state index contributed by atoms with van der Waals surface area (Å²) in [5.74, 6) is -1.02. The molecule has 5 nitrogen and oxygen atoms in total. The number of aromatic nitrogens is 1. The van der Waals surface area contributed by atoms with Crippen molar-refractivity contribution >= 4 is 17.5 Å². The Bertz CT molecular complexity index is 759. The molecule has 2 aromatic rings. The van der Waals surface area contributed by atoms with Gasteiger partial charge in [0.25, 0.3) is 0 Å². The SMILES string of the molecule is CC(=O)c1c(C)[nH]c(C(=O)[C@H](C)OC(=O)c2ccccc2)c1C. The minimum absolute atomic E-state index is 0.107. The number of aryl methyl sites for hydroxylation is 1. The summed E-state index contributed by atoms with van der Waals surface area (Å²) in [6.07, 6.45) is -0.945. The van der Waals surface area contributed by atoms with E-state index in [1.165, 1.54) is 13.8 Å². The average Bonchev–Trinajstić information content (AvgIpc) is 2.82. The van der Waals surface area contributed by atoms with Crippen LogP contribution < -0.4 is 0 Å². The molecule has 120 valence electrons. The van der Waals surface area contributed by atoms with Crippen LogP contribution in [0, 0.1) is 13.8 Å². The number of benzene rings is 1. The lowest BCUT2D eigenvalue weighted by Gasteiger charge is -2.12. The fourth-order valence-electron chi connectivity index (χ4n) is 2.58. The lowest BCUT2D eigenvalue weighted by Crippen LogP contribution is -2.25. The van der Waals surface area contributed by atoms with Crippen LogP contribution in [-0.4, -0.2) is 28.6 Å². The first-order valence-electron chi connectivity index (χ1n) is 7.33. The standard InChI is InChI=1S/C18H19NO4/c1-10-15(12(3)20)11(2)19-16(10)17(21)13(4)23-18(22)14-8-6-5-7-9-14/h5-9,13,19H,1-4H3/t13-/m0/s1. The van der Waals surface area contributed by atoms with Crippen LogP contribution in [0.25, 0.3) is 0 Å². The Kier molecular flexibility index (Phi) is 4.79. The molecular weight excluding hydrogens is 294 g/mol. The molecule has 1 N–H and O–H groups in total. The normalized spacial score (nSPS) is 11.8. The minimum atomic E-state index is -0.945. The van der Waals surface area contributed by atoms with Crippen LogP contribution in [0.15, 0.2) is 30.3 Å². The van der Waals surface area contributed by atoms with Gasteiger partial charge in [-0.05, 0) is 45.4 Å².